The third kappa shape index (κ3) is 6.70. The minimum atomic E-state index is -3.86. The van der Waals surface area contributed by atoms with Gasteiger partial charge in [-0.2, -0.15) is 0 Å². The number of sulfonamides is 1. The Bertz CT molecular complexity index is 1190. The summed E-state index contributed by atoms with van der Waals surface area (Å²) in [6, 6.07) is 10.4. The Hall–Kier alpha value is -3.57. The number of ether oxygens (including phenoxy) is 1. The quantitative estimate of drug-likeness (QED) is 0.370. The molecule has 2 amide bonds. The molecule has 0 aromatic heterocycles. The van der Waals surface area contributed by atoms with Gasteiger partial charge in [0.25, 0.3) is 0 Å². The molecule has 0 saturated heterocycles. The normalized spacial score (nSPS) is 12.9. The molecule has 1 aliphatic heterocycles. The average Bonchev–Trinajstić information content (AvgIpc) is 2.77. The van der Waals surface area contributed by atoms with E-state index in [1.165, 1.54) is 31.2 Å². The first kappa shape index (κ1) is 24.1. The SMILES string of the molecule is CC(=O)Nc1ccc(S(=O)(=O)NCCC(=O)OCC(=O)c2ccc3c(c2)CCC(=O)N3)cc1. The molecule has 0 unspecified atom stereocenters. The van der Waals surface area contributed by atoms with Crippen LogP contribution in [0.15, 0.2) is 47.4 Å². The Morgan fingerprint density at radius 1 is 1.06 bits per heavy atom. The van der Waals surface area contributed by atoms with E-state index in [1.54, 1.807) is 18.2 Å². The molecule has 0 fully saturated rings. The van der Waals surface area contributed by atoms with Crippen molar-refractivity contribution in [2.75, 3.05) is 23.8 Å². The number of esters is 1. The molecule has 2 aromatic carbocycles. The summed E-state index contributed by atoms with van der Waals surface area (Å²) in [6.45, 7) is 0.662. The number of anilines is 2. The van der Waals surface area contributed by atoms with Crippen LogP contribution in [0.25, 0.3) is 0 Å². The van der Waals surface area contributed by atoms with E-state index in [-0.39, 0.29) is 29.7 Å². The Labute approximate surface area is 190 Å². The summed E-state index contributed by atoms with van der Waals surface area (Å²) in [5, 5.41) is 5.26. The third-order valence-electron chi connectivity index (χ3n) is 4.79. The number of nitrogens with one attached hydrogen (secondary N) is 3. The van der Waals surface area contributed by atoms with Gasteiger partial charge in [-0.05, 0) is 54.4 Å². The molecule has 0 spiro atoms. The van der Waals surface area contributed by atoms with Crippen LogP contribution in [0.4, 0.5) is 11.4 Å². The van der Waals surface area contributed by atoms with E-state index >= 15 is 0 Å². The van der Waals surface area contributed by atoms with Gasteiger partial charge in [0.15, 0.2) is 12.4 Å². The Morgan fingerprint density at radius 2 is 1.79 bits per heavy atom. The second-order valence-corrected chi connectivity index (χ2v) is 9.12. The zero-order valence-electron chi connectivity index (χ0n) is 17.8. The molecule has 2 aromatic rings. The minimum absolute atomic E-state index is 0.0243. The van der Waals surface area contributed by atoms with E-state index in [1.807, 2.05) is 0 Å². The fraction of sp³-hybridized carbons (Fsp3) is 0.273. The summed E-state index contributed by atoms with van der Waals surface area (Å²) in [5.74, 6) is -1.48. The zero-order valence-corrected chi connectivity index (χ0v) is 18.7. The van der Waals surface area contributed by atoms with E-state index in [4.69, 9.17) is 4.74 Å². The molecule has 0 radical (unpaired) electrons. The maximum absolute atomic E-state index is 12.3. The van der Waals surface area contributed by atoms with Crippen LogP contribution in [0.1, 0.15) is 35.7 Å². The summed E-state index contributed by atoms with van der Waals surface area (Å²) in [4.78, 5) is 46.6. The molecule has 0 atom stereocenters. The average molecular weight is 474 g/mol. The molecule has 1 heterocycles. The van der Waals surface area contributed by atoms with E-state index < -0.39 is 28.4 Å². The Morgan fingerprint density at radius 3 is 2.48 bits per heavy atom. The molecule has 3 N–H and O–H groups in total. The number of carbonyl (C=O) groups excluding carboxylic acids is 4. The van der Waals surface area contributed by atoms with Gasteiger partial charge >= 0.3 is 5.97 Å². The van der Waals surface area contributed by atoms with Crippen molar-refractivity contribution in [2.45, 2.75) is 31.1 Å². The lowest BCUT2D eigenvalue weighted by Crippen LogP contribution is -2.27. The number of amides is 2. The van der Waals surface area contributed by atoms with Crippen LogP contribution >= 0.6 is 0 Å². The van der Waals surface area contributed by atoms with Crippen molar-refractivity contribution in [1.82, 2.24) is 4.72 Å². The topological polar surface area (TPSA) is 148 Å². The van der Waals surface area contributed by atoms with Gasteiger partial charge in [-0.1, -0.05) is 0 Å². The number of ketones is 1. The van der Waals surface area contributed by atoms with Crippen LogP contribution in [0.2, 0.25) is 0 Å². The highest BCUT2D eigenvalue weighted by molar-refractivity contribution is 7.89. The molecule has 0 bridgehead atoms. The summed E-state index contributed by atoms with van der Waals surface area (Å²) in [5.41, 5.74) is 2.32. The summed E-state index contributed by atoms with van der Waals surface area (Å²) in [6.07, 6.45) is 0.611. The monoisotopic (exact) mass is 473 g/mol. The lowest BCUT2D eigenvalue weighted by atomic mass is 9.99. The first-order valence-corrected chi connectivity index (χ1v) is 11.6. The lowest BCUT2D eigenvalue weighted by Gasteiger charge is -2.17. The number of hydrogen-bond acceptors (Lipinski definition) is 7. The van der Waals surface area contributed by atoms with Crippen molar-refractivity contribution in [3.8, 4) is 0 Å². The number of aryl methyl sites for hydroxylation is 1. The predicted molar refractivity (Wildman–Crippen MR) is 119 cm³/mol. The van der Waals surface area contributed by atoms with Gasteiger partial charge < -0.3 is 15.4 Å². The molecular formula is C22H23N3O7S. The summed E-state index contributed by atoms with van der Waals surface area (Å²) in [7, 11) is -3.86. The third-order valence-corrected chi connectivity index (χ3v) is 6.27. The van der Waals surface area contributed by atoms with Crippen LogP contribution in [0.5, 0.6) is 0 Å². The van der Waals surface area contributed by atoms with Crippen molar-refractivity contribution in [3.05, 3.63) is 53.6 Å². The molecule has 0 saturated carbocycles. The van der Waals surface area contributed by atoms with Crippen LogP contribution < -0.4 is 15.4 Å². The number of rotatable bonds is 9. The molecule has 3 rings (SSSR count). The fourth-order valence-electron chi connectivity index (χ4n) is 3.15. The highest BCUT2D eigenvalue weighted by Gasteiger charge is 2.18. The van der Waals surface area contributed by atoms with Gasteiger partial charge in [-0.15, -0.1) is 0 Å². The maximum atomic E-state index is 12.3. The standard InChI is InChI=1S/C22H23N3O7S/c1-14(26)24-17-4-6-18(7-5-17)33(30,31)23-11-10-22(29)32-13-20(27)16-2-8-19-15(12-16)3-9-21(28)25-19/h2,4-8,12,23H,3,9-11,13H2,1H3,(H,24,26)(H,25,28). The lowest BCUT2D eigenvalue weighted by molar-refractivity contribution is -0.142. The van der Waals surface area contributed by atoms with E-state index in [0.717, 1.165) is 5.56 Å². The first-order valence-electron chi connectivity index (χ1n) is 10.1. The van der Waals surface area contributed by atoms with Crippen molar-refractivity contribution >= 4 is 45.0 Å². The highest BCUT2D eigenvalue weighted by Crippen LogP contribution is 2.23. The van der Waals surface area contributed by atoms with E-state index in [9.17, 15) is 27.6 Å². The van der Waals surface area contributed by atoms with Crippen molar-refractivity contribution in [1.29, 1.82) is 0 Å². The van der Waals surface area contributed by atoms with Crippen LogP contribution in [-0.4, -0.2) is 45.1 Å². The van der Waals surface area contributed by atoms with E-state index in [0.29, 0.717) is 29.8 Å². The number of hydrogen-bond donors (Lipinski definition) is 3. The highest BCUT2D eigenvalue weighted by atomic mass is 32.2. The van der Waals surface area contributed by atoms with Gasteiger partial charge in [0.1, 0.15) is 0 Å². The predicted octanol–water partition coefficient (Wildman–Crippen LogP) is 1.62. The van der Waals surface area contributed by atoms with Crippen molar-refractivity contribution in [3.63, 3.8) is 0 Å². The minimum Gasteiger partial charge on any atom is -0.457 e. The van der Waals surface area contributed by atoms with Gasteiger partial charge in [0.05, 0.1) is 11.3 Å². The smallest absolute Gasteiger partial charge is 0.307 e. The largest absolute Gasteiger partial charge is 0.457 e. The molecule has 174 valence electrons. The van der Waals surface area contributed by atoms with Gasteiger partial charge in [-0.3, -0.25) is 19.2 Å². The number of carbonyl (C=O) groups is 4. The fourth-order valence-corrected chi connectivity index (χ4v) is 4.18. The summed E-state index contributed by atoms with van der Waals surface area (Å²) >= 11 is 0. The number of benzene rings is 2. The zero-order chi connectivity index (χ0) is 24.0. The van der Waals surface area contributed by atoms with Gasteiger partial charge in [0, 0.05) is 36.8 Å². The molecular weight excluding hydrogens is 450 g/mol. The molecule has 33 heavy (non-hydrogen) atoms. The molecule has 11 heteroatoms. The Kier molecular flexibility index (Phi) is 7.56. The van der Waals surface area contributed by atoms with Crippen LogP contribution in [0.3, 0.4) is 0 Å². The summed E-state index contributed by atoms with van der Waals surface area (Å²) < 4.78 is 31.9. The molecule has 0 aliphatic carbocycles. The number of fused-ring (bicyclic) bond motifs is 1. The van der Waals surface area contributed by atoms with Crippen LogP contribution in [-0.2, 0) is 35.6 Å². The van der Waals surface area contributed by atoms with Gasteiger partial charge in [-0.25, -0.2) is 13.1 Å². The van der Waals surface area contributed by atoms with Crippen molar-refractivity contribution < 1.29 is 32.3 Å². The second kappa shape index (κ2) is 10.4. The van der Waals surface area contributed by atoms with E-state index in [2.05, 4.69) is 15.4 Å². The van der Waals surface area contributed by atoms with Crippen LogP contribution in [0, 0.1) is 0 Å². The molecule has 10 nitrogen and oxygen atoms in total. The second-order valence-electron chi connectivity index (χ2n) is 7.36. The van der Waals surface area contributed by atoms with Crippen molar-refractivity contribution in [2.24, 2.45) is 0 Å². The van der Waals surface area contributed by atoms with Gasteiger partial charge in [0.2, 0.25) is 21.8 Å². The first-order chi connectivity index (χ1) is 15.6. The Balaban J connectivity index is 1.45. The molecule has 1 aliphatic rings. The number of Topliss-reactive ketones (excluding diaryl/α,β-unsaturated/α-hetero) is 1. The maximum Gasteiger partial charge on any atom is 0.307 e.